The molecule has 1 heterocycles. The van der Waals surface area contributed by atoms with Gasteiger partial charge < -0.3 is 4.74 Å². The van der Waals surface area contributed by atoms with Crippen molar-refractivity contribution in [1.82, 2.24) is 9.29 Å². The fraction of sp³-hybridized carbons (Fsp3) is 0.211. The highest BCUT2D eigenvalue weighted by Crippen LogP contribution is 2.25. The number of fused-ring (bicyclic) bond motifs is 1. The first-order valence-electron chi connectivity index (χ1n) is 7.88. The van der Waals surface area contributed by atoms with Crippen molar-refractivity contribution in [3.05, 3.63) is 65.9 Å². The van der Waals surface area contributed by atoms with E-state index in [0.29, 0.717) is 5.75 Å². The minimum atomic E-state index is -3.46. The second kappa shape index (κ2) is 6.82. The van der Waals surface area contributed by atoms with Gasteiger partial charge in [-0.15, -0.1) is 0 Å². The van der Waals surface area contributed by atoms with E-state index in [4.69, 9.17) is 4.74 Å². The summed E-state index contributed by atoms with van der Waals surface area (Å²) in [7, 11) is -0.424. The van der Waals surface area contributed by atoms with Gasteiger partial charge in [0, 0.05) is 25.2 Å². The van der Waals surface area contributed by atoms with Crippen molar-refractivity contribution in [2.24, 2.45) is 0 Å². The first-order valence-corrected chi connectivity index (χ1v) is 9.32. The lowest BCUT2D eigenvalue weighted by Gasteiger charge is -2.13. The van der Waals surface area contributed by atoms with Crippen LogP contribution in [0.15, 0.2) is 59.5 Å². The summed E-state index contributed by atoms with van der Waals surface area (Å²) in [6, 6.07) is 16.5. The quantitative estimate of drug-likeness (QED) is 0.703. The number of pyridine rings is 1. The standard InChI is InChI=1S/C19H20N2O3S/c1-14-10-11-16-7-5-9-18(19(16)20-14)24-13-15-6-4-8-17(12-15)25(22,23)21(2)3/h4-12H,13H2,1-3H3. The van der Waals surface area contributed by atoms with Crippen LogP contribution in [0.2, 0.25) is 0 Å². The van der Waals surface area contributed by atoms with E-state index in [0.717, 1.165) is 22.2 Å². The molecule has 1 aromatic heterocycles. The molecule has 0 unspecified atom stereocenters. The van der Waals surface area contributed by atoms with Crippen LogP contribution < -0.4 is 4.74 Å². The summed E-state index contributed by atoms with van der Waals surface area (Å²) < 4.78 is 31.6. The van der Waals surface area contributed by atoms with E-state index >= 15 is 0 Å². The van der Waals surface area contributed by atoms with Crippen LogP contribution in [0.5, 0.6) is 5.75 Å². The fourth-order valence-electron chi connectivity index (χ4n) is 2.50. The lowest BCUT2D eigenvalue weighted by molar-refractivity contribution is 0.309. The van der Waals surface area contributed by atoms with Gasteiger partial charge in [0.1, 0.15) is 17.9 Å². The number of ether oxygens (including phenoxy) is 1. The highest BCUT2D eigenvalue weighted by atomic mass is 32.2. The summed E-state index contributed by atoms with van der Waals surface area (Å²) in [5, 5.41) is 1.01. The molecule has 0 N–H and O–H groups in total. The molecule has 3 rings (SSSR count). The van der Waals surface area contributed by atoms with Crippen LogP contribution in [0.25, 0.3) is 10.9 Å². The number of rotatable bonds is 5. The van der Waals surface area contributed by atoms with Crippen molar-refractivity contribution in [1.29, 1.82) is 0 Å². The molecule has 0 fully saturated rings. The van der Waals surface area contributed by atoms with Crippen LogP contribution in [-0.4, -0.2) is 31.8 Å². The van der Waals surface area contributed by atoms with Crippen LogP contribution >= 0.6 is 0 Å². The van der Waals surface area contributed by atoms with Crippen molar-refractivity contribution in [3.63, 3.8) is 0 Å². The number of hydrogen-bond acceptors (Lipinski definition) is 4. The van der Waals surface area contributed by atoms with E-state index in [9.17, 15) is 8.42 Å². The second-order valence-electron chi connectivity index (χ2n) is 6.00. The zero-order valence-corrected chi connectivity index (χ0v) is 15.2. The second-order valence-corrected chi connectivity index (χ2v) is 8.16. The van der Waals surface area contributed by atoms with Gasteiger partial charge in [0.05, 0.1) is 4.90 Å². The molecule has 0 aliphatic carbocycles. The fourth-order valence-corrected chi connectivity index (χ4v) is 3.47. The monoisotopic (exact) mass is 356 g/mol. The van der Waals surface area contributed by atoms with Crippen LogP contribution in [-0.2, 0) is 16.6 Å². The van der Waals surface area contributed by atoms with Crippen LogP contribution in [0.3, 0.4) is 0 Å². The van der Waals surface area contributed by atoms with Crippen LogP contribution in [0.4, 0.5) is 0 Å². The van der Waals surface area contributed by atoms with Crippen molar-refractivity contribution in [2.45, 2.75) is 18.4 Å². The van der Waals surface area contributed by atoms with Crippen molar-refractivity contribution < 1.29 is 13.2 Å². The van der Waals surface area contributed by atoms with Gasteiger partial charge in [0.25, 0.3) is 0 Å². The molecule has 0 aliphatic heterocycles. The van der Waals surface area contributed by atoms with E-state index in [-0.39, 0.29) is 11.5 Å². The van der Waals surface area contributed by atoms with Gasteiger partial charge in [-0.3, -0.25) is 0 Å². The number of para-hydroxylation sites is 1. The normalized spacial score (nSPS) is 11.8. The minimum absolute atomic E-state index is 0.255. The molecular formula is C19H20N2O3S. The molecule has 130 valence electrons. The Balaban J connectivity index is 1.87. The highest BCUT2D eigenvalue weighted by Gasteiger charge is 2.17. The molecule has 0 saturated heterocycles. The van der Waals surface area contributed by atoms with Crippen LogP contribution in [0.1, 0.15) is 11.3 Å². The summed E-state index contributed by atoms with van der Waals surface area (Å²) in [5.74, 6) is 0.682. The Bertz CT molecular complexity index is 1010. The first-order chi connectivity index (χ1) is 11.9. The molecule has 0 radical (unpaired) electrons. The summed E-state index contributed by atoms with van der Waals surface area (Å²) in [4.78, 5) is 4.80. The topological polar surface area (TPSA) is 59.5 Å². The Morgan fingerprint density at radius 1 is 1.04 bits per heavy atom. The molecule has 0 aliphatic rings. The number of aromatic nitrogens is 1. The molecule has 6 heteroatoms. The number of hydrogen-bond donors (Lipinski definition) is 0. The summed E-state index contributed by atoms with van der Waals surface area (Å²) in [5.41, 5.74) is 2.51. The number of sulfonamides is 1. The third-order valence-corrected chi connectivity index (χ3v) is 5.70. The predicted molar refractivity (Wildman–Crippen MR) is 98.1 cm³/mol. The Kier molecular flexibility index (Phi) is 4.74. The van der Waals surface area contributed by atoms with Crippen molar-refractivity contribution in [2.75, 3.05) is 14.1 Å². The molecule has 25 heavy (non-hydrogen) atoms. The molecule has 0 saturated carbocycles. The lowest BCUT2D eigenvalue weighted by Crippen LogP contribution is -2.22. The Hall–Kier alpha value is -2.44. The van der Waals surface area contributed by atoms with E-state index < -0.39 is 10.0 Å². The Labute approximate surface area is 147 Å². The first kappa shape index (κ1) is 17.4. The third kappa shape index (κ3) is 3.65. The molecule has 0 spiro atoms. The Morgan fingerprint density at radius 2 is 1.80 bits per heavy atom. The number of benzene rings is 2. The maximum absolute atomic E-state index is 12.2. The Morgan fingerprint density at radius 3 is 2.56 bits per heavy atom. The largest absolute Gasteiger partial charge is 0.487 e. The summed E-state index contributed by atoms with van der Waals surface area (Å²) >= 11 is 0. The lowest BCUT2D eigenvalue weighted by atomic mass is 10.2. The van der Waals surface area contributed by atoms with Gasteiger partial charge >= 0.3 is 0 Å². The van der Waals surface area contributed by atoms with Crippen LogP contribution in [0, 0.1) is 6.92 Å². The number of aryl methyl sites for hydroxylation is 1. The van der Waals surface area contributed by atoms with E-state index in [1.54, 1.807) is 18.2 Å². The molecule has 2 aromatic carbocycles. The van der Waals surface area contributed by atoms with Gasteiger partial charge in [-0.25, -0.2) is 17.7 Å². The zero-order chi connectivity index (χ0) is 18.0. The SMILES string of the molecule is Cc1ccc2cccc(OCc3cccc(S(=O)(=O)N(C)C)c3)c2n1. The van der Waals surface area contributed by atoms with E-state index in [1.165, 1.54) is 18.4 Å². The molecule has 0 amide bonds. The smallest absolute Gasteiger partial charge is 0.242 e. The van der Waals surface area contributed by atoms with Gasteiger partial charge in [-0.05, 0) is 36.8 Å². The molecular weight excluding hydrogens is 336 g/mol. The predicted octanol–water partition coefficient (Wildman–Crippen LogP) is 3.37. The van der Waals surface area contributed by atoms with E-state index in [1.807, 2.05) is 43.3 Å². The molecule has 3 aromatic rings. The minimum Gasteiger partial charge on any atom is -0.487 e. The van der Waals surface area contributed by atoms with Gasteiger partial charge in [0.2, 0.25) is 10.0 Å². The number of nitrogens with zero attached hydrogens (tertiary/aromatic N) is 2. The average Bonchev–Trinajstić information content (AvgIpc) is 2.60. The van der Waals surface area contributed by atoms with Gasteiger partial charge in [-0.2, -0.15) is 0 Å². The molecule has 0 bridgehead atoms. The third-order valence-electron chi connectivity index (χ3n) is 3.89. The summed E-state index contributed by atoms with van der Waals surface area (Å²) in [6.07, 6.45) is 0. The summed E-state index contributed by atoms with van der Waals surface area (Å²) in [6.45, 7) is 2.21. The van der Waals surface area contributed by atoms with Gasteiger partial charge in [0.15, 0.2) is 0 Å². The van der Waals surface area contributed by atoms with Crippen molar-refractivity contribution in [3.8, 4) is 5.75 Å². The molecule has 5 nitrogen and oxygen atoms in total. The highest BCUT2D eigenvalue weighted by molar-refractivity contribution is 7.89. The van der Waals surface area contributed by atoms with Crippen molar-refractivity contribution >= 4 is 20.9 Å². The maximum atomic E-state index is 12.2. The van der Waals surface area contributed by atoms with E-state index in [2.05, 4.69) is 4.98 Å². The maximum Gasteiger partial charge on any atom is 0.242 e. The average molecular weight is 356 g/mol. The van der Waals surface area contributed by atoms with Gasteiger partial charge in [-0.1, -0.05) is 30.3 Å². The molecule has 0 atom stereocenters. The zero-order valence-electron chi connectivity index (χ0n) is 14.4.